The van der Waals surface area contributed by atoms with Crippen LogP contribution in [-0.4, -0.2) is 15.0 Å². The van der Waals surface area contributed by atoms with Crippen LogP contribution in [0.25, 0.3) is 0 Å². The summed E-state index contributed by atoms with van der Waals surface area (Å²) in [5, 5.41) is 0. The van der Waals surface area contributed by atoms with Crippen molar-refractivity contribution in [2.45, 2.75) is 30.6 Å². The maximum absolute atomic E-state index is 13.2. The van der Waals surface area contributed by atoms with Gasteiger partial charge in [-0.3, -0.25) is 0 Å². The van der Waals surface area contributed by atoms with E-state index in [-0.39, 0.29) is 16.0 Å². The molecular formula is C13H17FN2O2S. The van der Waals surface area contributed by atoms with E-state index in [1.165, 1.54) is 18.9 Å². The van der Waals surface area contributed by atoms with E-state index in [0.717, 1.165) is 25.0 Å². The summed E-state index contributed by atoms with van der Waals surface area (Å²) < 4.78 is 40.1. The van der Waals surface area contributed by atoms with Gasteiger partial charge in [-0.1, -0.05) is 0 Å². The summed E-state index contributed by atoms with van der Waals surface area (Å²) in [4.78, 5) is -0.168. The molecule has 2 fully saturated rings. The summed E-state index contributed by atoms with van der Waals surface area (Å²) >= 11 is 0. The van der Waals surface area contributed by atoms with Crippen LogP contribution in [0.5, 0.6) is 0 Å². The molecule has 104 valence electrons. The highest BCUT2D eigenvalue weighted by Crippen LogP contribution is 2.60. The molecule has 0 aliphatic heterocycles. The summed E-state index contributed by atoms with van der Waals surface area (Å²) in [6.07, 6.45) is 4.56. The van der Waals surface area contributed by atoms with Gasteiger partial charge in [0.05, 0.1) is 5.69 Å². The van der Waals surface area contributed by atoms with Gasteiger partial charge in [0.2, 0.25) is 10.0 Å². The van der Waals surface area contributed by atoms with Crippen LogP contribution in [0, 0.1) is 17.2 Å². The smallest absolute Gasteiger partial charge is 0.242 e. The number of nitrogens with one attached hydrogen (secondary N) is 1. The van der Waals surface area contributed by atoms with Gasteiger partial charge in [0.15, 0.2) is 0 Å². The van der Waals surface area contributed by atoms with E-state index in [1.54, 1.807) is 0 Å². The third-order valence-electron chi connectivity index (χ3n) is 4.21. The Morgan fingerprint density at radius 3 is 2.63 bits per heavy atom. The lowest BCUT2D eigenvalue weighted by atomic mass is 10.0. The Labute approximate surface area is 112 Å². The first-order valence-electron chi connectivity index (χ1n) is 6.48. The van der Waals surface area contributed by atoms with Crippen LogP contribution in [0.3, 0.4) is 0 Å². The first-order valence-corrected chi connectivity index (χ1v) is 7.96. The molecule has 3 N–H and O–H groups in total. The second-order valence-corrected chi connectivity index (χ2v) is 7.38. The second-order valence-electron chi connectivity index (χ2n) is 5.64. The van der Waals surface area contributed by atoms with Gasteiger partial charge in [-0.15, -0.1) is 0 Å². The molecule has 3 rings (SSSR count). The standard InChI is InChI=1S/C13H17FN2O2S/c14-10-3-4-11(15)12(7-10)19(17,18)16-8-13(5-6-13)9-1-2-9/h3-4,7,9,16H,1-2,5-6,8,15H2. The molecule has 0 atom stereocenters. The predicted molar refractivity (Wildman–Crippen MR) is 70.4 cm³/mol. The zero-order valence-electron chi connectivity index (χ0n) is 10.5. The Morgan fingerprint density at radius 2 is 2.05 bits per heavy atom. The van der Waals surface area contributed by atoms with Crippen molar-refractivity contribution in [3.8, 4) is 0 Å². The number of hydrogen-bond donors (Lipinski definition) is 2. The third kappa shape index (κ3) is 2.47. The summed E-state index contributed by atoms with van der Waals surface area (Å²) in [7, 11) is -3.73. The van der Waals surface area contributed by atoms with Crippen LogP contribution in [-0.2, 0) is 10.0 Å². The summed E-state index contributed by atoms with van der Waals surface area (Å²) in [5.74, 6) is 0.0676. The highest BCUT2D eigenvalue weighted by molar-refractivity contribution is 7.89. The Bertz CT molecular complexity index is 607. The van der Waals surface area contributed by atoms with E-state index in [2.05, 4.69) is 4.72 Å². The predicted octanol–water partition coefficient (Wildman–Crippen LogP) is 1.88. The van der Waals surface area contributed by atoms with Crippen LogP contribution in [0.15, 0.2) is 23.1 Å². The molecule has 6 heteroatoms. The minimum Gasteiger partial charge on any atom is -0.398 e. The van der Waals surface area contributed by atoms with Crippen molar-refractivity contribution in [2.75, 3.05) is 12.3 Å². The Balaban J connectivity index is 1.77. The highest BCUT2D eigenvalue weighted by Gasteiger charge is 2.53. The molecule has 2 saturated carbocycles. The van der Waals surface area contributed by atoms with E-state index in [1.807, 2.05) is 0 Å². The van der Waals surface area contributed by atoms with Crippen LogP contribution in [0.4, 0.5) is 10.1 Å². The zero-order valence-corrected chi connectivity index (χ0v) is 11.3. The third-order valence-corrected chi connectivity index (χ3v) is 5.67. The number of sulfonamides is 1. The summed E-state index contributed by atoms with van der Waals surface area (Å²) in [5.41, 5.74) is 5.85. The van der Waals surface area contributed by atoms with Crippen molar-refractivity contribution >= 4 is 15.7 Å². The molecule has 1 aromatic rings. The molecule has 1 aromatic carbocycles. The SMILES string of the molecule is Nc1ccc(F)cc1S(=O)(=O)NCC1(C2CC2)CC1. The van der Waals surface area contributed by atoms with Gasteiger partial charge in [0.1, 0.15) is 10.7 Å². The van der Waals surface area contributed by atoms with Crippen molar-refractivity contribution in [3.63, 3.8) is 0 Å². The average Bonchev–Trinajstić information content (AvgIpc) is 3.22. The van der Waals surface area contributed by atoms with E-state index >= 15 is 0 Å². The van der Waals surface area contributed by atoms with E-state index in [9.17, 15) is 12.8 Å². The number of rotatable bonds is 5. The average molecular weight is 284 g/mol. The van der Waals surface area contributed by atoms with Gasteiger partial charge >= 0.3 is 0 Å². The fourth-order valence-corrected chi connectivity index (χ4v) is 3.92. The lowest BCUT2D eigenvalue weighted by Gasteiger charge is -2.16. The minimum absolute atomic E-state index is 0.0742. The molecule has 0 amide bonds. The maximum atomic E-state index is 13.2. The number of hydrogen-bond acceptors (Lipinski definition) is 3. The molecule has 19 heavy (non-hydrogen) atoms. The lowest BCUT2D eigenvalue weighted by Crippen LogP contribution is -2.31. The van der Waals surface area contributed by atoms with Crippen molar-refractivity contribution < 1.29 is 12.8 Å². The van der Waals surface area contributed by atoms with Crippen molar-refractivity contribution in [2.24, 2.45) is 11.3 Å². The molecule has 2 aliphatic rings. The van der Waals surface area contributed by atoms with Gasteiger partial charge < -0.3 is 5.73 Å². The van der Waals surface area contributed by atoms with Crippen LogP contribution >= 0.6 is 0 Å². The quantitative estimate of drug-likeness (QED) is 0.811. The molecule has 0 heterocycles. The Kier molecular flexibility index (Phi) is 2.83. The van der Waals surface area contributed by atoms with Gasteiger partial charge in [0.25, 0.3) is 0 Å². The molecule has 0 bridgehead atoms. The molecular weight excluding hydrogens is 267 g/mol. The molecule has 0 saturated heterocycles. The summed E-state index contributed by atoms with van der Waals surface area (Å²) in [6.45, 7) is 0.440. The van der Waals surface area contributed by atoms with Gasteiger partial charge in [0, 0.05) is 6.54 Å². The first-order chi connectivity index (χ1) is 8.93. The maximum Gasteiger partial charge on any atom is 0.242 e. The van der Waals surface area contributed by atoms with Crippen LogP contribution in [0.2, 0.25) is 0 Å². The van der Waals surface area contributed by atoms with Gasteiger partial charge in [-0.25, -0.2) is 17.5 Å². The fraction of sp³-hybridized carbons (Fsp3) is 0.538. The number of benzene rings is 1. The largest absolute Gasteiger partial charge is 0.398 e. The van der Waals surface area contributed by atoms with Crippen molar-refractivity contribution in [1.82, 2.24) is 4.72 Å². The monoisotopic (exact) mass is 284 g/mol. The number of nitrogens with two attached hydrogens (primary N) is 1. The first kappa shape index (κ1) is 12.9. The van der Waals surface area contributed by atoms with Crippen molar-refractivity contribution in [1.29, 1.82) is 0 Å². The Morgan fingerprint density at radius 1 is 1.37 bits per heavy atom. The molecule has 0 aromatic heterocycles. The second kappa shape index (κ2) is 4.18. The molecule has 0 radical (unpaired) electrons. The van der Waals surface area contributed by atoms with Gasteiger partial charge in [-0.2, -0.15) is 0 Å². The lowest BCUT2D eigenvalue weighted by molar-refractivity contribution is 0.432. The van der Waals surface area contributed by atoms with E-state index < -0.39 is 15.8 Å². The van der Waals surface area contributed by atoms with Crippen LogP contribution in [0.1, 0.15) is 25.7 Å². The topological polar surface area (TPSA) is 72.2 Å². The number of nitrogen functional groups attached to an aromatic ring is 1. The number of halogens is 1. The Hall–Kier alpha value is -1.14. The van der Waals surface area contributed by atoms with E-state index in [0.29, 0.717) is 12.5 Å². The molecule has 4 nitrogen and oxygen atoms in total. The minimum atomic E-state index is -3.73. The highest BCUT2D eigenvalue weighted by atomic mass is 32.2. The van der Waals surface area contributed by atoms with Crippen LogP contribution < -0.4 is 10.5 Å². The molecule has 0 spiro atoms. The van der Waals surface area contributed by atoms with Crippen molar-refractivity contribution in [3.05, 3.63) is 24.0 Å². The van der Waals surface area contributed by atoms with E-state index in [4.69, 9.17) is 5.73 Å². The molecule has 0 unspecified atom stereocenters. The summed E-state index contributed by atoms with van der Waals surface area (Å²) in [6, 6.07) is 3.40. The normalized spacial score (nSPS) is 21.3. The van der Waals surface area contributed by atoms with Gasteiger partial charge in [-0.05, 0) is 55.2 Å². The zero-order chi connectivity index (χ0) is 13.7. The fourth-order valence-electron chi connectivity index (χ4n) is 2.64. The molecule has 2 aliphatic carbocycles. The number of anilines is 1.